The van der Waals surface area contributed by atoms with Gasteiger partial charge < -0.3 is 5.32 Å². The van der Waals surface area contributed by atoms with Gasteiger partial charge in [0, 0.05) is 16.8 Å². The van der Waals surface area contributed by atoms with Crippen LogP contribution in [0.3, 0.4) is 0 Å². The number of nitrogens with zero attached hydrogens (tertiary/aromatic N) is 1. The molecule has 1 amide bonds. The van der Waals surface area contributed by atoms with Crippen LogP contribution < -0.4 is 5.32 Å². The molecule has 2 aromatic rings. The van der Waals surface area contributed by atoms with Gasteiger partial charge in [0.05, 0.1) is 11.3 Å². The molecule has 0 saturated carbocycles. The number of sulfone groups is 1. The summed E-state index contributed by atoms with van der Waals surface area (Å²) in [5.74, 6) is -0.304. The van der Waals surface area contributed by atoms with Gasteiger partial charge in [-0.15, -0.1) is 0 Å². The van der Waals surface area contributed by atoms with Crippen LogP contribution in [0.15, 0.2) is 58.3 Å². The molecule has 0 spiro atoms. The molecule has 0 atom stereocenters. The molecule has 0 bridgehead atoms. The van der Waals surface area contributed by atoms with Crippen LogP contribution in [0.25, 0.3) is 0 Å². The van der Waals surface area contributed by atoms with Crippen molar-refractivity contribution < 1.29 is 13.2 Å². The number of benzene rings is 2. The van der Waals surface area contributed by atoms with Gasteiger partial charge in [0.25, 0.3) is 0 Å². The first-order valence-corrected chi connectivity index (χ1v) is 9.35. The minimum atomic E-state index is -3.38. The Kier molecular flexibility index (Phi) is 5.42. The number of anilines is 1. The number of nitrogens with one attached hydrogen (secondary N) is 1. The number of carbonyl (C=O) groups is 1. The topological polar surface area (TPSA) is 87.0 Å². The maximum Gasteiger partial charge on any atom is 0.228 e. The largest absolute Gasteiger partial charge is 0.326 e. The molecule has 0 unspecified atom stereocenters. The van der Waals surface area contributed by atoms with Crippen molar-refractivity contribution in [2.45, 2.75) is 16.2 Å². The normalized spacial score (nSPS) is 10.8. The van der Waals surface area contributed by atoms with Gasteiger partial charge in [-0.2, -0.15) is 5.26 Å². The van der Waals surface area contributed by atoms with Crippen LogP contribution in [0.1, 0.15) is 5.56 Å². The van der Waals surface area contributed by atoms with E-state index in [1.54, 1.807) is 42.5 Å². The molecule has 118 valence electrons. The quantitative estimate of drug-likeness (QED) is 0.664. The van der Waals surface area contributed by atoms with Gasteiger partial charge in [-0.25, -0.2) is 8.42 Å². The van der Waals surface area contributed by atoms with Crippen molar-refractivity contribution >= 4 is 33.2 Å². The number of carbonyl (C=O) groups excluding carboxylic acids is 1. The molecular formula is C16H14N2O3S2. The number of amides is 1. The van der Waals surface area contributed by atoms with Gasteiger partial charge in [0.2, 0.25) is 5.91 Å². The van der Waals surface area contributed by atoms with Crippen molar-refractivity contribution in [1.29, 1.82) is 5.26 Å². The summed E-state index contributed by atoms with van der Waals surface area (Å²) in [7, 11) is -3.38. The van der Waals surface area contributed by atoms with Crippen LogP contribution in [-0.4, -0.2) is 20.6 Å². The molecule has 1 N–H and O–H groups in total. The summed E-state index contributed by atoms with van der Waals surface area (Å²) >= 11 is 1.04. The minimum Gasteiger partial charge on any atom is -0.326 e. The first-order valence-electron chi connectivity index (χ1n) is 6.64. The Morgan fingerprint density at radius 3 is 2.43 bits per heavy atom. The van der Waals surface area contributed by atoms with E-state index in [9.17, 15) is 13.2 Å². The fraction of sp³-hybridized carbons (Fsp3) is 0.125. The first-order chi connectivity index (χ1) is 10.9. The Morgan fingerprint density at radius 1 is 1.17 bits per heavy atom. The zero-order valence-electron chi connectivity index (χ0n) is 12.3. The fourth-order valence-corrected chi connectivity index (χ4v) is 3.37. The Bertz CT molecular complexity index is 854. The standard InChI is InChI=1S/C16H14N2O3S2/c1-23(20,21)15-5-3-2-4-12(15)10-16(19)18-13-6-8-14(9-7-13)22-11-17/h2-9H,10H2,1H3,(H,18,19). The molecule has 0 aliphatic heterocycles. The SMILES string of the molecule is CS(=O)(=O)c1ccccc1CC(=O)Nc1ccc(SC#N)cc1. The summed E-state index contributed by atoms with van der Waals surface area (Å²) in [5, 5.41) is 13.3. The van der Waals surface area contributed by atoms with E-state index < -0.39 is 9.84 Å². The highest BCUT2D eigenvalue weighted by atomic mass is 32.2. The van der Waals surface area contributed by atoms with Gasteiger partial charge in [0.15, 0.2) is 9.84 Å². The number of hydrogen-bond donors (Lipinski definition) is 1. The molecular weight excluding hydrogens is 332 g/mol. The summed E-state index contributed by atoms with van der Waals surface area (Å²) in [6, 6.07) is 13.3. The zero-order chi connectivity index (χ0) is 16.9. The summed E-state index contributed by atoms with van der Waals surface area (Å²) in [4.78, 5) is 13.1. The maximum atomic E-state index is 12.1. The number of rotatable bonds is 5. The highest BCUT2D eigenvalue weighted by Crippen LogP contribution is 2.20. The summed E-state index contributed by atoms with van der Waals surface area (Å²) in [6.07, 6.45) is 1.09. The monoisotopic (exact) mass is 346 g/mol. The van der Waals surface area contributed by atoms with Crippen molar-refractivity contribution in [3.63, 3.8) is 0 Å². The highest BCUT2D eigenvalue weighted by molar-refractivity contribution is 8.03. The van der Waals surface area contributed by atoms with Crippen molar-refractivity contribution in [1.82, 2.24) is 0 Å². The lowest BCUT2D eigenvalue weighted by molar-refractivity contribution is -0.115. The van der Waals surface area contributed by atoms with Crippen molar-refractivity contribution in [2.24, 2.45) is 0 Å². The van der Waals surface area contributed by atoms with E-state index in [-0.39, 0.29) is 17.2 Å². The van der Waals surface area contributed by atoms with Crippen molar-refractivity contribution in [3.05, 3.63) is 54.1 Å². The molecule has 0 heterocycles. The molecule has 2 rings (SSSR count). The molecule has 23 heavy (non-hydrogen) atoms. The van der Waals surface area contributed by atoms with Gasteiger partial charge in [-0.05, 0) is 47.7 Å². The molecule has 0 aliphatic carbocycles. The Morgan fingerprint density at radius 2 is 1.83 bits per heavy atom. The molecule has 7 heteroatoms. The maximum absolute atomic E-state index is 12.1. The number of thioether (sulfide) groups is 1. The second kappa shape index (κ2) is 7.31. The van der Waals surface area contributed by atoms with Gasteiger partial charge >= 0.3 is 0 Å². The van der Waals surface area contributed by atoms with E-state index in [1.807, 2.05) is 5.40 Å². The molecule has 0 fully saturated rings. The Hall–Kier alpha value is -2.30. The zero-order valence-corrected chi connectivity index (χ0v) is 13.9. The molecule has 0 aliphatic rings. The molecule has 5 nitrogen and oxygen atoms in total. The summed E-state index contributed by atoms with van der Waals surface area (Å²) in [6.45, 7) is 0. The average molecular weight is 346 g/mol. The van der Waals surface area contributed by atoms with Gasteiger partial charge in [-0.3, -0.25) is 4.79 Å². The molecule has 0 radical (unpaired) electrons. The second-order valence-electron chi connectivity index (χ2n) is 4.82. The lowest BCUT2D eigenvalue weighted by Crippen LogP contribution is -2.16. The van der Waals surface area contributed by atoms with Gasteiger partial charge in [0.1, 0.15) is 5.40 Å². The lowest BCUT2D eigenvalue weighted by Gasteiger charge is -2.09. The fourth-order valence-electron chi connectivity index (χ4n) is 2.05. The van der Waals surface area contributed by atoms with E-state index in [0.29, 0.717) is 11.3 Å². The number of hydrogen-bond acceptors (Lipinski definition) is 5. The van der Waals surface area contributed by atoms with Crippen molar-refractivity contribution in [3.8, 4) is 5.40 Å². The second-order valence-corrected chi connectivity index (χ2v) is 7.66. The van der Waals surface area contributed by atoms with Crippen LogP contribution in [0.5, 0.6) is 0 Å². The number of nitriles is 1. The van der Waals surface area contributed by atoms with Crippen LogP contribution >= 0.6 is 11.8 Å². The predicted octanol–water partition coefficient (Wildman–Crippen LogP) is 2.84. The van der Waals surface area contributed by atoms with E-state index in [1.165, 1.54) is 6.07 Å². The first kappa shape index (κ1) is 17.1. The molecule has 2 aromatic carbocycles. The lowest BCUT2D eigenvalue weighted by atomic mass is 10.1. The van der Waals surface area contributed by atoms with E-state index in [4.69, 9.17) is 5.26 Å². The Balaban J connectivity index is 2.10. The minimum absolute atomic E-state index is 0.0298. The van der Waals surface area contributed by atoms with E-state index in [0.717, 1.165) is 22.9 Å². The van der Waals surface area contributed by atoms with Crippen LogP contribution in [0, 0.1) is 10.7 Å². The third-order valence-electron chi connectivity index (χ3n) is 3.02. The highest BCUT2D eigenvalue weighted by Gasteiger charge is 2.15. The summed E-state index contributed by atoms with van der Waals surface area (Å²) < 4.78 is 23.5. The third kappa shape index (κ3) is 4.84. The molecule has 0 saturated heterocycles. The summed E-state index contributed by atoms with van der Waals surface area (Å²) in [5.41, 5.74) is 1.05. The van der Waals surface area contributed by atoms with Crippen LogP contribution in [0.4, 0.5) is 5.69 Å². The third-order valence-corrected chi connectivity index (χ3v) is 4.82. The van der Waals surface area contributed by atoms with Crippen LogP contribution in [-0.2, 0) is 21.1 Å². The van der Waals surface area contributed by atoms with E-state index >= 15 is 0 Å². The number of thiocyanates is 1. The smallest absolute Gasteiger partial charge is 0.228 e. The molecule has 0 aromatic heterocycles. The predicted molar refractivity (Wildman–Crippen MR) is 89.8 cm³/mol. The average Bonchev–Trinajstić information content (AvgIpc) is 2.49. The van der Waals surface area contributed by atoms with Crippen molar-refractivity contribution in [2.75, 3.05) is 11.6 Å². The van der Waals surface area contributed by atoms with Crippen LogP contribution in [0.2, 0.25) is 0 Å². The Labute approximate surface area is 139 Å². The van der Waals surface area contributed by atoms with Gasteiger partial charge in [-0.1, -0.05) is 18.2 Å². The van der Waals surface area contributed by atoms with E-state index in [2.05, 4.69) is 5.32 Å².